The molecule has 1 fully saturated rings. The number of hydrogen-bond donors (Lipinski definition) is 2. The van der Waals surface area contributed by atoms with Crippen molar-refractivity contribution in [3.63, 3.8) is 0 Å². The molecule has 3 N–H and O–H groups in total. The van der Waals surface area contributed by atoms with E-state index in [1.807, 2.05) is 5.16 Å². The first kappa shape index (κ1) is 17.2. The normalized spacial score (nSPS) is 16.0. The third kappa shape index (κ3) is 4.19. The molecule has 0 aromatic carbocycles. The second kappa shape index (κ2) is 7.91. The van der Waals surface area contributed by atoms with Crippen LogP contribution in [0.4, 0.5) is 5.88 Å². The molecule has 1 atom stereocenters. The number of esters is 1. The van der Waals surface area contributed by atoms with Crippen molar-refractivity contribution in [3.05, 3.63) is 58.7 Å². The first-order valence-electron chi connectivity index (χ1n) is 7.25. The average molecular weight is 331 g/mol. The quantitative estimate of drug-likeness (QED) is 0.493. The zero-order valence-corrected chi connectivity index (χ0v) is 12.9. The lowest BCUT2D eigenvalue weighted by Gasteiger charge is -2.02. The number of H-pyrrole nitrogens is 1. The maximum absolute atomic E-state index is 11.7. The predicted octanol–water partition coefficient (Wildman–Crippen LogP) is 1.44. The summed E-state index contributed by atoms with van der Waals surface area (Å²) in [6.45, 7) is 3.56. The van der Waals surface area contributed by atoms with E-state index >= 15 is 0 Å². The maximum Gasteiger partial charge on any atom is 0.306 e. The third-order valence-corrected chi connectivity index (χ3v) is 3.28. The lowest BCUT2D eigenvalue weighted by Crippen LogP contribution is -2.14. The van der Waals surface area contributed by atoms with E-state index in [0.717, 1.165) is 12.8 Å². The highest BCUT2D eigenvalue weighted by atomic mass is 16.5. The summed E-state index contributed by atoms with van der Waals surface area (Å²) in [6, 6.07) is 3.14. The van der Waals surface area contributed by atoms with Crippen LogP contribution >= 0.6 is 0 Å². The molecular formula is C16H17N3O5. The number of carbonyl (C=O) groups excluding carboxylic acids is 2. The Labute approximate surface area is 137 Å². The zero-order valence-electron chi connectivity index (χ0n) is 12.9. The Hall–Kier alpha value is -3.16. The monoisotopic (exact) mass is 331 g/mol. The van der Waals surface area contributed by atoms with Gasteiger partial charge in [-0.05, 0) is 18.6 Å². The van der Waals surface area contributed by atoms with Gasteiger partial charge in [-0.25, -0.2) is 0 Å². The lowest BCUT2D eigenvalue weighted by molar-refractivity contribution is -0.141. The second-order valence-corrected chi connectivity index (χ2v) is 5.02. The molecular weight excluding hydrogens is 314 g/mol. The topological polar surface area (TPSA) is 128 Å². The van der Waals surface area contributed by atoms with Crippen LogP contribution in [-0.4, -0.2) is 28.0 Å². The van der Waals surface area contributed by atoms with Crippen LogP contribution in [0.3, 0.4) is 0 Å². The Kier molecular flexibility index (Phi) is 5.67. The van der Waals surface area contributed by atoms with Crippen molar-refractivity contribution in [1.29, 1.82) is 0 Å². The van der Waals surface area contributed by atoms with Crippen molar-refractivity contribution in [2.75, 3.05) is 5.73 Å². The van der Waals surface area contributed by atoms with E-state index in [9.17, 15) is 14.4 Å². The number of nitrogens with two attached hydrogens (primary N) is 1. The average Bonchev–Trinajstić information content (AvgIpc) is 3.14. The van der Waals surface area contributed by atoms with Gasteiger partial charge >= 0.3 is 5.97 Å². The number of ketones is 1. The van der Waals surface area contributed by atoms with E-state index < -0.39 is 11.3 Å². The van der Waals surface area contributed by atoms with Gasteiger partial charge in [0.05, 0.1) is 0 Å². The van der Waals surface area contributed by atoms with Crippen molar-refractivity contribution < 1.29 is 18.8 Å². The summed E-state index contributed by atoms with van der Waals surface area (Å²) in [6.07, 6.45) is 7.03. The molecule has 2 aromatic heterocycles. The summed E-state index contributed by atoms with van der Waals surface area (Å²) in [4.78, 5) is 37.2. The Morgan fingerprint density at radius 2 is 2.29 bits per heavy atom. The van der Waals surface area contributed by atoms with E-state index in [2.05, 4.69) is 16.1 Å². The minimum Gasteiger partial charge on any atom is -0.462 e. The molecule has 0 spiro atoms. The van der Waals surface area contributed by atoms with Crippen LogP contribution in [0, 0.1) is 0 Å². The Morgan fingerprint density at radius 3 is 2.79 bits per heavy atom. The molecule has 0 bridgehead atoms. The summed E-state index contributed by atoms with van der Waals surface area (Å²) in [7, 11) is 0. The molecule has 2 aromatic rings. The van der Waals surface area contributed by atoms with Gasteiger partial charge in [-0.2, -0.15) is 5.16 Å². The van der Waals surface area contributed by atoms with Gasteiger partial charge in [-0.3, -0.25) is 19.4 Å². The maximum atomic E-state index is 11.7. The molecule has 24 heavy (non-hydrogen) atoms. The summed E-state index contributed by atoms with van der Waals surface area (Å²) < 4.78 is 9.43. The highest BCUT2D eigenvalue weighted by molar-refractivity contribution is 6.10. The standard InChI is InChI=1S/C9H7N3O3.C7H10O2/c10-8-6(9(14)12-15-8)7(13)5-2-1-3-11-4-5;1-2-3-6-4-5-7(8)9-6/h1-4H,10H2,(H,12,14);2,6H,1,3-5H2. The van der Waals surface area contributed by atoms with Gasteiger partial charge in [0, 0.05) is 30.8 Å². The fraction of sp³-hybridized carbons (Fsp3) is 0.250. The summed E-state index contributed by atoms with van der Waals surface area (Å²) >= 11 is 0. The van der Waals surface area contributed by atoms with E-state index in [4.69, 9.17) is 10.5 Å². The fourth-order valence-corrected chi connectivity index (χ4v) is 2.11. The second-order valence-electron chi connectivity index (χ2n) is 5.02. The van der Waals surface area contributed by atoms with Gasteiger partial charge in [0.25, 0.3) is 5.56 Å². The van der Waals surface area contributed by atoms with Crippen molar-refractivity contribution in [2.45, 2.75) is 25.4 Å². The van der Waals surface area contributed by atoms with Gasteiger partial charge in [-0.15, -0.1) is 6.58 Å². The molecule has 1 saturated heterocycles. The van der Waals surface area contributed by atoms with E-state index in [1.165, 1.54) is 12.4 Å². The Morgan fingerprint density at radius 1 is 1.50 bits per heavy atom. The van der Waals surface area contributed by atoms with E-state index in [1.54, 1.807) is 18.2 Å². The van der Waals surface area contributed by atoms with Crippen molar-refractivity contribution in [1.82, 2.24) is 10.1 Å². The minimum absolute atomic E-state index is 0.0677. The number of nitrogens with one attached hydrogen (secondary N) is 1. The molecule has 1 unspecified atom stereocenters. The Balaban J connectivity index is 0.000000198. The van der Waals surface area contributed by atoms with Crippen LogP contribution in [0.25, 0.3) is 0 Å². The van der Waals surface area contributed by atoms with Crippen LogP contribution in [0.15, 0.2) is 46.5 Å². The van der Waals surface area contributed by atoms with E-state index in [-0.39, 0.29) is 29.1 Å². The largest absolute Gasteiger partial charge is 0.462 e. The summed E-state index contributed by atoms with van der Waals surface area (Å²) in [5, 5.41) is 1.99. The smallest absolute Gasteiger partial charge is 0.306 e. The molecule has 126 valence electrons. The molecule has 1 aliphatic heterocycles. The minimum atomic E-state index is -0.638. The molecule has 3 rings (SSSR count). The molecule has 0 aliphatic carbocycles. The van der Waals surface area contributed by atoms with Crippen molar-refractivity contribution in [3.8, 4) is 0 Å². The number of cyclic esters (lactones) is 1. The number of rotatable bonds is 4. The van der Waals surface area contributed by atoms with Gasteiger partial charge in [0.1, 0.15) is 6.10 Å². The van der Waals surface area contributed by atoms with E-state index in [0.29, 0.717) is 6.42 Å². The number of anilines is 1. The number of carbonyl (C=O) groups is 2. The van der Waals surface area contributed by atoms with Crippen molar-refractivity contribution in [2.24, 2.45) is 0 Å². The Bertz CT molecular complexity index is 779. The first-order chi connectivity index (χ1) is 11.5. The first-order valence-corrected chi connectivity index (χ1v) is 7.25. The van der Waals surface area contributed by atoms with Crippen LogP contribution in [0.1, 0.15) is 35.2 Å². The SMILES string of the molecule is C=CCC1CCC(=O)O1.Nc1o[nH]c(=O)c1C(=O)c1cccnc1. The van der Waals surface area contributed by atoms with Crippen molar-refractivity contribution >= 4 is 17.6 Å². The fourth-order valence-electron chi connectivity index (χ4n) is 2.11. The molecule has 0 amide bonds. The molecule has 8 heteroatoms. The molecule has 8 nitrogen and oxygen atoms in total. The molecule has 0 radical (unpaired) electrons. The number of hydrogen-bond acceptors (Lipinski definition) is 7. The summed E-state index contributed by atoms with van der Waals surface area (Å²) in [5.74, 6) is -0.786. The zero-order chi connectivity index (χ0) is 17.5. The highest BCUT2D eigenvalue weighted by Crippen LogP contribution is 2.16. The lowest BCUT2D eigenvalue weighted by atomic mass is 10.1. The number of pyridine rings is 1. The van der Waals surface area contributed by atoms with Gasteiger partial charge in [0.15, 0.2) is 5.56 Å². The number of aromatic nitrogens is 2. The predicted molar refractivity (Wildman–Crippen MR) is 85.3 cm³/mol. The van der Waals surface area contributed by atoms with Crippen LogP contribution in [0.2, 0.25) is 0 Å². The molecule has 3 heterocycles. The summed E-state index contributed by atoms with van der Waals surface area (Å²) in [5.41, 5.74) is 4.80. The van der Waals surface area contributed by atoms with Crippen LogP contribution < -0.4 is 11.3 Å². The number of ether oxygens (including phenoxy) is 1. The number of nitrogen functional groups attached to an aromatic ring is 1. The van der Waals surface area contributed by atoms with Gasteiger partial charge in [-0.1, -0.05) is 6.08 Å². The third-order valence-electron chi connectivity index (χ3n) is 3.28. The van der Waals surface area contributed by atoms with Gasteiger partial charge < -0.3 is 15.0 Å². The number of aromatic amines is 1. The molecule has 0 saturated carbocycles. The van der Waals surface area contributed by atoms with Gasteiger partial charge in [0.2, 0.25) is 11.7 Å². The molecule has 1 aliphatic rings. The van der Waals surface area contributed by atoms with Crippen LogP contribution in [-0.2, 0) is 9.53 Å². The number of nitrogens with zero attached hydrogens (tertiary/aromatic N) is 1. The highest BCUT2D eigenvalue weighted by Gasteiger charge is 2.21. The van der Waals surface area contributed by atoms with Crippen LogP contribution in [0.5, 0.6) is 0 Å².